The van der Waals surface area contributed by atoms with Gasteiger partial charge in [-0.1, -0.05) is 18.2 Å². The van der Waals surface area contributed by atoms with Crippen LogP contribution in [0.15, 0.2) is 42.5 Å². The predicted octanol–water partition coefficient (Wildman–Crippen LogP) is 2.36. The van der Waals surface area contributed by atoms with Crippen LogP contribution in [0, 0.1) is 11.3 Å². The topological polar surface area (TPSA) is 91.7 Å². The molecule has 0 spiro atoms. The van der Waals surface area contributed by atoms with Crippen LogP contribution in [0.4, 0.5) is 5.69 Å². The van der Waals surface area contributed by atoms with E-state index >= 15 is 0 Å². The van der Waals surface area contributed by atoms with Gasteiger partial charge in [0, 0.05) is 20.0 Å². The van der Waals surface area contributed by atoms with Crippen molar-refractivity contribution in [3.8, 4) is 17.6 Å². The highest BCUT2D eigenvalue weighted by atomic mass is 16.5. The monoisotopic (exact) mass is 367 g/mol. The highest BCUT2D eigenvalue weighted by Gasteiger charge is 2.19. The molecule has 0 saturated heterocycles. The van der Waals surface area contributed by atoms with E-state index in [1.54, 1.807) is 42.5 Å². The molecule has 0 unspecified atom stereocenters. The summed E-state index contributed by atoms with van der Waals surface area (Å²) in [5.74, 6) is 0.193. The van der Waals surface area contributed by atoms with Crippen LogP contribution in [-0.2, 0) is 4.79 Å². The smallest absolute Gasteiger partial charge is 0.258 e. The summed E-state index contributed by atoms with van der Waals surface area (Å²) in [6, 6.07) is 14.0. The highest BCUT2D eigenvalue weighted by molar-refractivity contribution is 6.00. The third-order valence-electron chi connectivity index (χ3n) is 3.97. The van der Waals surface area contributed by atoms with Crippen LogP contribution >= 0.6 is 0 Å². The maximum Gasteiger partial charge on any atom is 0.258 e. The second-order valence-electron chi connectivity index (χ2n) is 5.59. The maximum atomic E-state index is 12.6. The van der Waals surface area contributed by atoms with Gasteiger partial charge in [0.2, 0.25) is 5.91 Å². The summed E-state index contributed by atoms with van der Waals surface area (Å²) in [5.41, 5.74) is 1.19. The molecule has 0 aromatic heterocycles. The number of rotatable bonds is 7. The quantitative estimate of drug-likeness (QED) is 0.811. The minimum absolute atomic E-state index is 0.194. The molecule has 0 aliphatic rings. The number of amides is 2. The van der Waals surface area contributed by atoms with Gasteiger partial charge < -0.3 is 19.7 Å². The van der Waals surface area contributed by atoms with Gasteiger partial charge in [-0.05, 0) is 24.3 Å². The Morgan fingerprint density at radius 3 is 2.26 bits per heavy atom. The zero-order valence-electron chi connectivity index (χ0n) is 15.5. The van der Waals surface area contributed by atoms with E-state index in [4.69, 9.17) is 9.47 Å². The van der Waals surface area contributed by atoms with Crippen molar-refractivity contribution >= 4 is 17.5 Å². The molecule has 0 heterocycles. The molecule has 7 heteroatoms. The van der Waals surface area contributed by atoms with E-state index in [-0.39, 0.29) is 30.5 Å². The van der Waals surface area contributed by atoms with Crippen molar-refractivity contribution < 1.29 is 19.1 Å². The van der Waals surface area contributed by atoms with Crippen LogP contribution in [0.3, 0.4) is 0 Å². The lowest BCUT2D eigenvalue weighted by Crippen LogP contribution is -2.38. The first-order chi connectivity index (χ1) is 13.0. The van der Waals surface area contributed by atoms with E-state index in [1.807, 2.05) is 0 Å². The van der Waals surface area contributed by atoms with Crippen LogP contribution in [-0.4, -0.2) is 39.1 Å². The van der Waals surface area contributed by atoms with Crippen LogP contribution < -0.4 is 19.7 Å². The Hall–Kier alpha value is -3.53. The van der Waals surface area contributed by atoms with Crippen molar-refractivity contribution in [1.82, 2.24) is 5.32 Å². The number of carbonyl (C=O) groups is 2. The summed E-state index contributed by atoms with van der Waals surface area (Å²) in [6.45, 7) is 1.83. The fourth-order valence-corrected chi connectivity index (χ4v) is 2.70. The Morgan fingerprint density at radius 2 is 1.70 bits per heavy atom. The summed E-state index contributed by atoms with van der Waals surface area (Å²) >= 11 is 0. The highest BCUT2D eigenvalue weighted by Crippen LogP contribution is 2.28. The number of hydrogen-bond acceptors (Lipinski definition) is 5. The van der Waals surface area contributed by atoms with Gasteiger partial charge in [-0.15, -0.1) is 0 Å². The molecule has 0 bridgehead atoms. The van der Waals surface area contributed by atoms with Gasteiger partial charge in [-0.25, -0.2) is 0 Å². The Kier molecular flexibility index (Phi) is 6.78. The average Bonchev–Trinajstić information content (AvgIpc) is 2.70. The molecule has 0 radical (unpaired) electrons. The third-order valence-corrected chi connectivity index (χ3v) is 3.97. The predicted molar refractivity (Wildman–Crippen MR) is 101 cm³/mol. The number of carbonyl (C=O) groups excluding carboxylic acids is 2. The van der Waals surface area contributed by atoms with Crippen LogP contribution in [0.5, 0.6) is 11.5 Å². The first kappa shape index (κ1) is 19.8. The molecule has 0 aliphatic heterocycles. The van der Waals surface area contributed by atoms with Gasteiger partial charge in [0.1, 0.15) is 23.1 Å². The summed E-state index contributed by atoms with van der Waals surface area (Å²) in [5, 5.41) is 12.0. The summed E-state index contributed by atoms with van der Waals surface area (Å²) in [7, 11) is 2.95. The summed E-state index contributed by atoms with van der Waals surface area (Å²) in [4.78, 5) is 26.1. The Labute approximate surface area is 158 Å². The number of hydrogen-bond donors (Lipinski definition) is 1. The lowest BCUT2D eigenvalue weighted by atomic mass is 10.1. The van der Waals surface area contributed by atoms with E-state index in [0.29, 0.717) is 22.7 Å². The Balaban J connectivity index is 2.14. The molecular weight excluding hydrogens is 346 g/mol. The number of nitrogens with zero attached hydrogens (tertiary/aromatic N) is 2. The molecule has 1 N–H and O–H groups in total. The van der Waals surface area contributed by atoms with E-state index in [2.05, 4.69) is 11.4 Å². The number of nitrogens with one attached hydrogen (secondary N) is 1. The number of nitriles is 1. The molecule has 0 saturated carbocycles. The molecule has 140 valence electrons. The van der Waals surface area contributed by atoms with Crippen LogP contribution in [0.2, 0.25) is 0 Å². The first-order valence-electron chi connectivity index (χ1n) is 8.29. The van der Waals surface area contributed by atoms with Crippen molar-refractivity contribution in [2.24, 2.45) is 0 Å². The fraction of sp³-hybridized carbons (Fsp3) is 0.250. The molecular formula is C20H21N3O4. The second kappa shape index (κ2) is 9.25. The Morgan fingerprint density at radius 1 is 1.07 bits per heavy atom. The lowest BCUT2D eigenvalue weighted by molar-refractivity contribution is -0.116. The first-order valence-corrected chi connectivity index (χ1v) is 8.29. The van der Waals surface area contributed by atoms with Crippen molar-refractivity contribution in [1.29, 1.82) is 5.26 Å². The molecule has 2 aromatic carbocycles. The van der Waals surface area contributed by atoms with E-state index in [9.17, 15) is 14.9 Å². The largest absolute Gasteiger partial charge is 0.496 e. The molecule has 27 heavy (non-hydrogen) atoms. The van der Waals surface area contributed by atoms with Crippen LogP contribution in [0.25, 0.3) is 0 Å². The van der Waals surface area contributed by atoms with Gasteiger partial charge in [0.05, 0.1) is 25.5 Å². The molecule has 7 nitrogen and oxygen atoms in total. The number of methoxy groups -OCH3 is 2. The second-order valence-corrected chi connectivity index (χ2v) is 5.59. The fourth-order valence-electron chi connectivity index (χ4n) is 2.70. The minimum Gasteiger partial charge on any atom is -0.496 e. The van der Waals surface area contributed by atoms with Gasteiger partial charge in [-0.2, -0.15) is 5.26 Å². The van der Waals surface area contributed by atoms with E-state index in [1.165, 1.54) is 26.0 Å². The van der Waals surface area contributed by atoms with Gasteiger partial charge in [0.15, 0.2) is 0 Å². The van der Waals surface area contributed by atoms with Crippen molar-refractivity contribution in [2.75, 3.05) is 32.2 Å². The third kappa shape index (κ3) is 4.55. The minimum atomic E-state index is -0.374. The van der Waals surface area contributed by atoms with Crippen molar-refractivity contribution in [3.05, 3.63) is 53.6 Å². The van der Waals surface area contributed by atoms with E-state index in [0.717, 1.165) is 0 Å². The number of anilines is 1. The summed E-state index contributed by atoms with van der Waals surface area (Å²) < 4.78 is 10.5. The maximum absolute atomic E-state index is 12.6. The average molecular weight is 367 g/mol. The number of benzene rings is 2. The lowest BCUT2D eigenvalue weighted by Gasteiger charge is -2.22. The molecule has 2 aromatic rings. The molecule has 0 aliphatic carbocycles. The van der Waals surface area contributed by atoms with E-state index < -0.39 is 0 Å². The van der Waals surface area contributed by atoms with Gasteiger partial charge in [0.25, 0.3) is 5.91 Å². The van der Waals surface area contributed by atoms with Crippen molar-refractivity contribution in [2.45, 2.75) is 6.92 Å². The van der Waals surface area contributed by atoms with Gasteiger partial charge >= 0.3 is 0 Å². The summed E-state index contributed by atoms with van der Waals surface area (Å²) in [6.07, 6.45) is 0. The zero-order chi connectivity index (χ0) is 19.8. The number of para-hydroxylation sites is 1. The normalized spacial score (nSPS) is 9.85. The number of ether oxygens (including phenoxy) is 2. The molecule has 2 amide bonds. The molecule has 0 atom stereocenters. The Bertz CT molecular complexity index is 852. The zero-order valence-corrected chi connectivity index (χ0v) is 15.5. The standard InChI is InChI=1S/C20H21N3O4/c1-14(24)23(16-8-5-4-7-15(16)13-21)12-11-22-20(25)19-17(26-2)9-6-10-18(19)27-3/h4-10H,11-12H2,1-3H3,(H,22,25). The SMILES string of the molecule is COc1cccc(OC)c1C(=O)NCCN(C(C)=O)c1ccccc1C#N. The van der Waals surface area contributed by atoms with Crippen molar-refractivity contribution in [3.63, 3.8) is 0 Å². The van der Waals surface area contributed by atoms with Crippen LogP contribution in [0.1, 0.15) is 22.8 Å². The molecule has 2 rings (SSSR count). The molecule has 0 fully saturated rings. The van der Waals surface area contributed by atoms with Gasteiger partial charge in [-0.3, -0.25) is 9.59 Å².